The van der Waals surface area contributed by atoms with E-state index in [9.17, 15) is 4.79 Å². The van der Waals surface area contributed by atoms with E-state index in [0.29, 0.717) is 6.04 Å². The van der Waals surface area contributed by atoms with Gasteiger partial charge < -0.3 is 10.0 Å². The monoisotopic (exact) mass is 209 g/mol. The fourth-order valence-corrected chi connectivity index (χ4v) is 1.89. The number of rotatable bonds is 4. The molecule has 0 amide bonds. The van der Waals surface area contributed by atoms with E-state index < -0.39 is 5.97 Å². The minimum Gasteiger partial charge on any atom is -0.480 e. The van der Waals surface area contributed by atoms with Crippen molar-refractivity contribution >= 4 is 11.7 Å². The van der Waals surface area contributed by atoms with E-state index in [4.69, 9.17) is 5.11 Å². The number of carbonyl (C=O) groups is 1. The quantitative estimate of drug-likeness (QED) is 0.780. The Morgan fingerprint density at radius 3 is 2.87 bits per heavy atom. The van der Waals surface area contributed by atoms with E-state index in [-0.39, 0.29) is 6.54 Å². The summed E-state index contributed by atoms with van der Waals surface area (Å²) in [6, 6.07) is 0.373. The van der Waals surface area contributed by atoms with Gasteiger partial charge in [-0.1, -0.05) is 0 Å². The number of aromatic nitrogens is 2. The molecule has 5 nitrogen and oxygen atoms in total. The van der Waals surface area contributed by atoms with Crippen LogP contribution in [-0.2, 0) is 4.79 Å². The molecule has 82 valence electrons. The summed E-state index contributed by atoms with van der Waals surface area (Å²) in [4.78, 5) is 12.7. The van der Waals surface area contributed by atoms with Crippen LogP contribution in [-0.4, -0.2) is 33.9 Å². The highest BCUT2D eigenvalue weighted by molar-refractivity contribution is 5.74. The van der Waals surface area contributed by atoms with Crippen LogP contribution in [0.15, 0.2) is 6.20 Å². The predicted octanol–water partition coefficient (Wildman–Crippen LogP) is 1.16. The molecule has 1 saturated carbocycles. The molecule has 1 aromatic rings. The summed E-state index contributed by atoms with van der Waals surface area (Å²) in [5, 5.41) is 15.6. The maximum atomic E-state index is 10.8. The van der Waals surface area contributed by atoms with Crippen LogP contribution in [0.4, 0.5) is 5.69 Å². The molecule has 0 bridgehead atoms. The maximum Gasteiger partial charge on any atom is 0.323 e. The van der Waals surface area contributed by atoms with Crippen LogP contribution >= 0.6 is 0 Å². The van der Waals surface area contributed by atoms with Crippen molar-refractivity contribution in [2.45, 2.75) is 32.2 Å². The summed E-state index contributed by atoms with van der Waals surface area (Å²) in [6.07, 6.45) is 5.06. The second kappa shape index (κ2) is 3.92. The van der Waals surface area contributed by atoms with Gasteiger partial charge in [-0.05, 0) is 26.2 Å². The van der Waals surface area contributed by atoms with Crippen molar-refractivity contribution in [2.24, 2.45) is 0 Å². The standard InChI is InChI=1S/C10H15N3O2/c1-7-9(5-11-12-7)13(6-10(14)15)8-3-2-4-8/h5,8H,2-4,6H2,1H3,(H,11,12)(H,14,15). The summed E-state index contributed by atoms with van der Waals surface area (Å²) in [5.74, 6) is -0.789. The van der Waals surface area contributed by atoms with E-state index in [1.165, 1.54) is 6.42 Å². The summed E-state index contributed by atoms with van der Waals surface area (Å²) in [5.41, 5.74) is 1.85. The molecule has 0 aliphatic heterocycles. The molecular formula is C10H15N3O2. The lowest BCUT2D eigenvalue weighted by molar-refractivity contribution is -0.135. The minimum atomic E-state index is -0.789. The van der Waals surface area contributed by atoms with Gasteiger partial charge in [0.25, 0.3) is 0 Å². The lowest BCUT2D eigenvalue weighted by Crippen LogP contribution is -2.43. The van der Waals surface area contributed by atoms with Crippen molar-refractivity contribution in [1.29, 1.82) is 0 Å². The van der Waals surface area contributed by atoms with Crippen molar-refractivity contribution in [3.8, 4) is 0 Å². The van der Waals surface area contributed by atoms with Gasteiger partial charge in [0.05, 0.1) is 17.6 Å². The number of hydrogen-bond donors (Lipinski definition) is 2. The van der Waals surface area contributed by atoms with E-state index in [2.05, 4.69) is 10.2 Å². The number of nitrogens with zero attached hydrogens (tertiary/aromatic N) is 2. The number of carboxylic acids is 1. The van der Waals surface area contributed by atoms with Crippen LogP contribution in [0.1, 0.15) is 25.0 Å². The molecule has 2 rings (SSSR count). The highest BCUT2D eigenvalue weighted by Crippen LogP contribution is 2.30. The van der Waals surface area contributed by atoms with Crippen LogP contribution < -0.4 is 4.90 Å². The molecule has 1 heterocycles. The largest absolute Gasteiger partial charge is 0.480 e. The molecule has 0 saturated heterocycles. The number of aromatic amines is 1. The molecule has 5 heteroatoms. The number of hydrogen-bond acceptors (Lipinski definition) is 3. The zero-order chi connectivity index (χ0) is 10.8. The Morgan fingerprint density at radius 1 is 1.73 bits per heavy atom. The van der Waals surface area contributed by atoms with Crippen LogP contribution in [0, 0.1) is 6.92 Å². The van der Waals surface area contributed by atoms with Gasteiger partial charge in [-0.15, -0.1) is 0 Å². The Bertz CT molecular complexity index is 357. The van der Waals surface area contributed by atoms with Gasteiger partial charge in [-0.25, -0.2) is 0 Å². The molecule has 1 aliphatic rings. The lowest BCUT2D eigenvalue weighted by Gasteiger charge is -2.37. The molecule has 1 fully saturated rings. The van der Waals surface area contributed by atoms with Crippen molar-refractivity contribution < 1.29 is 9.90 Å². The van der Waals surface area contributed by atoms with Crippen LogP contribution in [0.25, 0.3) is 0 Å². The average Bonchev–Trinajstić information content (AvgIpc) is 2.46. The molecule has 0 radical (unpaired) electrons. The van der Waals surface area contributed by atoms with Crippen LogP contribution in [0.3, 0.4) is 0 Å². The maximum absolute atomic E-state index is 10.8. The Morgan fingerprint density at radius 2 is 2.47 bits per heavy atom. The van der Waals surface area contributed by atoms with Crippen LogP contribution in [0.2, 0.25) is 0 Å². The predicted molar refractivity (Wildman–Crippen MR) is 55.9 cm³/mol. The first-order valence-corrected chi connectivity index (χ1v) is 5.17. The second-order valence-corrected chi connectivity index (χ2v) is 3.99. The van der Waals surface area contributed by atoms with E-state index in [1.54, 1.807) is 6.20 Å². The zero-order valence-electron chi connectivity index (χ0n) is 8.73. The van der Waals surface area contributed by atoms with Crippen molar-refractivity contribution in [1.82, 2.24) is 10.2 Å². The first-order chi connectivity index (χ1) is 7.18. The third-order valence-electron chi connectivity index (χ3n) is 2.93. The van der Waals surface area contributed by atoms with Gasteiger partial charge in [0.1, 0.15) is 6.54 Å². The van der Waals surface area contributed by atoms with Gasteiger partial charge in [0, 0.05) is 6.04 Å². The molecule has 0 atom stereocenters. The molecule has 0 unspecified atom stereocenters. The Hall–Kier alpha value is -1.52. The molecule has 1 aromatic heterocycles. The van der Waals surface area contributed by atoms with Crippen LogP contribution in [0.5, 0.6) is 0 Å². The number of H-pyrrole nitrogens is 1. The van der Waals surface area contributed by atoms with E-state index in [0.717, 1.165) is 24.2 Å². The van der Waals surface area contributed by atoms with E-state index in [1.807, 2.05) is 11.8 Å². The third-order valence-corrected chi connectivity index (χ3v) is 2.93. The van der Waals surface area contributed by atoms with Gasteiger partial charge >= 0.3 is 5.97 Å². The molecule has 0 spiro atoms. The summed E-state index contributed by atoms with van der Waals surface area (Å²) < 4.78 is 0. The average molecular weight is 209 g/mol. The first-order valence-electron chi connectivity index (χ1n) is 5.17. The van der Waals surface area contributed by atoms with Gasteiger partial charge in [-0.3, -0.25) is 9.89 Å². The number of carboxylic acid groups (broad SMARTS) is 1. The first kappa shape index (κ1) is 10.0. The zero-order valence-corrected chi connectivity index (χ0v) is 8.73. The second-order valence-electron chi connectivity index (χ2n) is 3.99. The highest BCUT2D eigenvalue weighted by atomic mass is 16.4. The Kier molecular flexibility index (Phi) is 2.62. The lowest BCUT2D eigenvalue weighted by atomic mass is 9.91. The number of anilines is 1. The molecule has 1 aliphatic carbocycles. The third kappa shape index (κ3) is 1.95. The number of aryl methyl sites for hydroxylation is 1. The van der Waals surface area contributed by atoms with Gasteiger partial charge in [0.15, 0.2) is 0 Å². The number of nitrogens with one attached hydrogen (secondary N) is 1. The normalized spacial score (nSPS) is 16.1. The molecule has 0 aromatic carbocycles. The summed E-state index contributed by atoms with van der Waals surface area (Å²) in [6.45, 7) is 1.97. The van der Waals surface area contributed by atoms with Crippen molar-refractivity contribution in [3.63, 3.8) is 0 Å². The van der Waals surface area contributed by atoms with Crippen molar-refractivity contribution in [2.75, 3.05) is 11.4 Å². The van der Waals surface area contributed by atoms with Crippen molar-refractivity contribution in [3.05, 3.63) is 11.9 Å². The summed E-state index contributed by atoms with van der Waals surface area (Å²) >= 11 is 0. The molecule has 2 N–H and O–H groups in total. The molecular weight excluding hydrogens is 194 g/mol. The Balaban J connectivity index is 2.17. The fourth-order valence-electron chi connectivity index (χ4n) is 1.89. The van der Waals surface area contributed by atoms with E-state index >= 15 is 0 Å². The smallest absolute Gasteiger partial charge is 0.323 e. The molecule has 15 heavy (non-hydrogen) atoms. The fraction of sp³-hybridized carbons (Fsp3) is 0.600. The topological polar surface area (TPSA) is 69.2 Å². The minimum absolute atomic E-state index is 0.0606. The van der Waals surface area contributed by atoms with Gasteiger partial charge in [-0.2, -0.15) is 5.10 Å². The highest BCUT2D eigenvalue weighted by Gasteiger charge is 2.28. The number of aliphatic carboxylic acids is 1. The summed E-state index contributed by atoms with van der Waals surface area (Å²) in [7, 11) is 0. The Labute approximate surface area is 88.1 Å². The SMILES string of the molecule is Cc1[nH]ncc1N(CC(=O)O)C1CCC1. The van der Waals surface area contributed by atoms with Gasteiger partial charge in [0.2, 0.25) is 0 Å².